The molecule has 12 heavy (non-hydrogen) atoms. The second kappa shape index (κ2) is 4.20. The van der Waals surface area contributed by atoms with Crippen LogP contribution in [0.5, 0.6) is 0 Å². The molecule has 1 radical (unpaired) electrons. The number of thioether (sulfide) groups is 1. The Morgan fingerprint density at radius 3 is 2.58 bits per heavy atom. The number of hydrogen-bond acceptors (Lipinski definition) is 1. The van der Waals surface area contributed by atoms with Crippen molar-refractivity contribution in [2.24, 2.45) is 0 Å². The first-order chi connectivity index (χ1) is 5.63. The Bertz CT molecular complexity index is 269. The van der Waals surface area contributed by atoms with Gasteiger partial charge in [-0.05, 0) is 42.9 Å². The van der Waals surface area contributed by atoms with Crippen molar-refractivity contribution >= 4 is 23.4 Å². The molecule has 2 heteroatoms. The van der Waals surface area contributed by atoms with Crippen LogP contribution in [0.2, 0.25) is 5.02 Å². The van der Waals surface area contributed by atoms with Crippen LogP contribution < -0.4 is 0 Å². The van der Waals surface area contributed by atoms with Gasteiger partial charge in [0, 0.05) is 9.92 Å². The van der Waals surface area contributed by atoms with Crippen LogP contribution in [0, 0.1) is 6.92 Å². The van der Waals surface area contributed by atoms with Crippen molar-refractivity contribution in [2.75, 3.05) is 6.26 Å². The summed E-state index contributed by atoms with van der Waals surface area (Å²) in [5.74, 6) is 0.301. The monoisotopic (exact) mass is 199 g/mol. The van der Waals surface area contributed by atoms with E-state index in [1.54, 1.807) is 11.8 Å². The first kappa shape index (κ1) is 9.94. The van der Waals surface area contributed by atoms with Gasteiger partial charge in [-0.2, -0.15) is 0 Å². The highest BCUT2D eigenvalue weighted by Crippen LogP contribution is 2.25. The molecule has 0 saturated carbocycles. The van der Waals surface area contributed by atoms with E-state index in [1.807, 2.05) is 18.4 Å². The van der Waals surface area contributed by atoms with Gasteiger partial charge in [0.05, 0.1) is 0 Å². The minimum absolute atomic E-state index is 0.301. The van der Waals surface area contributed by atoms with E-state index in [1.165, 1.54) is 10.5 Å². The molecule has 0 amide bonds. The summed E-state index contributed by atoms with van der Waals surface area (Å²) in [6, 6.07) is 6.07. The molecule has 0 aliphatic heterocycles. The zero-order valence-corrected chi connectivity index (χ0v) is 8.88. The minimum Gasteiger partial charge on any atom is -0.130 e. The van der Waals surface area contributed by atoms with Crippen molar-refractivity contribution in [3.63, 3.8) is 0 Å². The average molecular weight is 200 g/mol. The van der Waals surface area contributed by atoms with E-state index < -0.39 is 0 Å². The molecule has 0 aliphatic rings. The zero-order chi connectivity index (χ0) is 9.14. The Morgan fingerprint density at radius 1 is 1.42 bits per heavy atom. The second-order valence-corrected chi connectivity index (χ2v) is 4.14. The lowest BCUT2D eigenvalue weighted by Crippen LogP contribution is -1.87. The van der Waals surface area contributed by atoms with Crippen LogP contribution in [-0.2, 0) is 0 Å². The Labute approximate surface area is 83.3 Å². The Morgan fingerprint density at radius 2 is 2.08 bits per heavy atom. The third kappa shape index (κ3) is 2.43. The largest absolute Gasteiger partial charge is 0.130 e. The van der Waals surface area contributed by atoms with Crippen molar-refractivity contribution in [2.45, 2.75) is 17.7 Å². The van der Waals surface area contributed by atoms with Crippen molar-refractivity contribution in [1.29, 1.82) is 0 Å². The summed E-state index contributed by atoms with van der Waals surface area (Å²) in [5.41, 5.74) is 1.20. The van der Waals surface area contributed by atoms with E-state index in [2.05, 4.69) is 19.9 Å². The summed E-state index contributed by atoms with van der Waals surface area (Å²) in [5, 5.41) is 0.798. The summed E-state index contributed by atoms with van der Waals surface area (Å²) in [6.07, 6.45) is 2.04. The molecular formula is C10H12ClS. The van der Waals surface area contributed by atoms with E-state index in [0.717, 1.165) is 5.02 Å². The highest BCUT2D eigenvalue weighted by Gasteiger charge is 2.02. The van der Waals surface area contributed by atoms with E-state index in [4.69, 9.17) is 11.6 Å². The summed E-state index contributed by atoms with van der Waals surface area (Å²) in [4.78, 5) is 1.20. The molecule has 1 aromatic rings. The summed E-state index contributed by atoms with van der Waals surface area (Å²) >= 11 is 7.63. The van der Waals surface area contributed by atoms with Gasteiger partial charge in [0.2, 0.25) is 0 Å². The fourth-order valence-corrected chi connectivity index (χ4v) is 1.79. The molecule has 0 spiro atoms. The standard InChI is InChI=1S/C10H12ClS/c1-7(2)8-4-9(11)6-10(5-8)12-3/h4-7H,1H2,2-3H3. The van der Waals surface area contributed by atoms with Gasteiger partial charge in [-0.1, -0.05) is 18.5 Å². The topological polar surface area (TPSA) is 0 Å². The summed E-state index contributed by atoms with van der Waals surface area (Å²) in [6.45, 7) is 6.02. The number of rotatable bonds is 2. The molecular weight excluding hydrogens is 188 g/mol. The highest BCUT2D eigenvalue weighted by atomic mass is 35.5. The Balaban J connectivity index is 3.06. The number of benzene rings is 1. The highest BCUT2D eigenvalue weighted by molar-refractivity contribution is 7.98. The van der Waals surface area contributed by atoms with Crippen LogP contribution in [0.15, 0.2) is 23.1 Å². The molecule has 0 nitrogen and oxygen atoms in total. The smallest absolute Gasteiger partial charge is 0.0419 e. The van der Waals surface area contributed by atoms with Gasteiger partial charge in [-0.15, -0.1) is 11.8 Å². The van der Waals surface area contributed by atoms with Gasteiger partial charge < -0.3 is 0 Å². The first-order valence-electron chi connectivity index (χ1n) is 3.81. The maximum absolute atomic E-state index is 5.93. The van der Waals surface area contributed by atoms with Crippen molar-refractivity contribution in [1.82, 2.24) is 0 Å². The molecule has 1 rings (SSSR count). The first-order valence-corrected chi connectivity index (χ1v) is 5.41. The predicted octanol–water partition coefficient (Wildman–Crippen LogP) is 4.00. The molecule has 65 valence electrons. The molecule has 0 heterocycles. The maximum atomic E-state index is 5.93. The van der Waals surface area contributed by atoms with Crippen molar-refractivity contribution in [3.8, 4) is 0 Å². The Hall–Kier alpha value is -0.140. The van der Waals surface area contributed by atoms with E-state index in [0.29, 0.717) is 5.92 Å². The second-order valence-electron chi connectivity index (χ2n) is 2.83. The molecule has 0 saturated heterocycles. The van der Waals surface area contributed by atoms with Gasteiger partial charge in [-0.25, -0.2) is 0 Å². The third-order valence-corrected chi connectivity index (χ3v) is 2.62. The van der Waals surface area contributed by atoms with Crippen molar-refractivity contribution in [3.05, 3.63) is 35.7 Å². The van der Waals surface area contributed by atoms with Gasteiger partial charge >= 0.3 is 0 Å². The van der Waals surface area contributed by atoms with E-state index in [9.17, 15) is 0 Å². The molecule has 0 bridgehead atoms. The molecule has 1 unspecified atom stereocenters. The van der Waals surface area contributed by atoms with Gasteiger partial charge in [0.15, 0.2) is 0 Å². The molecule has 1 atom stereocenters. The van der Waals surface area contributed by atoms with Crippen LogP contribution in [0.25, 0.3) is 0 Å². The lowest BCUT2D eigenvalue weighted by atomic mass is 10.0. The average Bonchev–Trinajstić information content (AvgIpc) is 2.03. The minimum atomic E-state index is 0.301. The van der Waals surface area contributed by atoms with Gasteiger partial charge in [-0.3, -0.25) is 0 Å². The van der Waals surface area contributed by atoms with Gasteiger partial charge in [0.1, 0.15) is 0 Å². The van der Waals surface area contributed by atoms with Crippen LogP contribution in [0.1, 0.15) is 18.4 Å². The van der Waals surface area contributed by atoms with Crippen LogP contribution >= 0.6 is 23.4 Å². The maximum Gasteiger partial charge on any atom is 0.0419 e. The molecule has 0 fully saturated rings. The fourth-order valence-electron chi connectivity index (χ4n) is 0.987. The van der Waals surface area contributed by atoms with Crippen molar-refractivity contribution < 1.29 is 0 Å². The molecule has 0 aliphatic carbocycles. The lowest BCUT2D eigenvalue weighted by Gasteiger charge is -2.07. The summed E-state index contributed by atoms with van der Waals surface area (Å²) in [7, 11) is 0. The predicted molar refractivity (Wildman–Crippen MR) is 57.0 cm³/mol. The molecule has 0 N–H and O–H groups in total. The fraction of sp³-hybridized carbons (Fsp3) is 0.300. The number of halogens is 1. The van der Waals surface area contributed by atoms with E-state index in [-0.39, 0.29) is 0 Å². The van der Waals surface area contributed by atoms with Crippen LogP contribution in [0.4, 0.5) is 0 Å². The zero-order valence-electron chi connectivity index (χ0n) is 7.30. The lowest BCUT2D eigenvalue weighted by molar-refractivity contribution is 0.957. The Kier molecular flexibility index (Phi) is 3.48. The van der Waals surface area contributed by atoms with Gasteiger partial charge in [0.25, 0.3) is 0 Å². The van der Waals surface area contributed by atoms with Crippen LogP contribution in [-0.4, -0.2) is 6.26 Å². The quantitative estimate of drug-likeness (QED) is 0.649. The van der Waals surface area contributed by atoms with Crippen LogP contribution in [0.3, 0.4) is 0 Å². The molecule has 0 aromatic heterocycles. The molecule has 1 aromatic carbocycles. The number of hydrogen-bond donors (Lipinski definition) is 0. The SMILES string of the molecule is [CH2]C(C)c1cc(Cl)cc(SC)c1. The normalized spacial score (nSPS) is 10.8. The summed E-state index contributed by atoms with van der Waals surface area (Å²) < 4.78 is 0. The van der Waals surface area contributed by atoms with E-state index >= 15 is 0 Å². The third-order valence-electron chi connectivity index (χ3n) is 1.70.